The Labute approximate surface area is 99.5 Å². The zero-order valence-corrected chi connectivity index (χ0v) is 10.7. The van der Waals surface area contributed by atoms with Gasteiger partial charge in [-0.3, -0.25) is 4.90 Å². The van der Waals surface area contributed by atoms with Gasteiger partial charge in [-0.25, -0.2) is 0 Å². The van der Waals surface area contributed by atoms with E-state index in [0.29, 0.717) is 12.1 Å². The first-order valence-electron chi connectivity index (χ1n) is 6.79. The summed E-state index contributed by atoms with van der Waals surface area (Å²) in [7, 11) is 3.96. The van der Waals surface area contributed by atoms with Crippen molar-refractivity contribution in [1.82, 2.24) is 10.2 Å². The van der Waals surface area contributed by atoms with E-state index in [1.54, 1.807) is 0 Å². The van der Waals surface area contributed by atoms with Crippen LogP contribution in [-0.2, 0) is 4.74 Å². The van der Waals surface area contributed by atoms with Gasteiger partial charge in [0.1, 0.15) is 0 Å². The molecule has 0 amide bonds. The number of methoxy groups -OCH3 is 1. The summed E-state index contributed by atoms with van der Waals surface area (Å²) in [5.74, 6) is 0. The fraction of sp³-hybridized carbons (Fsp3) is 1.00. The maximum Gasteiger partial charge on any atom is 0.0595 e. The highest BCUT2D eigenvalue weighted by atomic mass is 16.5. The van der Waals surface area contributed by atoms with Crippen molar-refractivity contribution < 1.29 is 4.74 Å². The lowest BCUT2D eigenvalue weighted by Crippen LogP contribution is -2.53. The number of hydrogen-bond donors (Lipinski definition) is 1. The molecule has 1 N–H and O–H groups in total. The van der Waals surface area contributed by atoms with Crippen molar-refractivity contribution in [2.24, 2.45) is 0 Å². The van der Waals surface area contributed by atoms with Crippen LogP contribution in [0.5, 0.6) is 0 Å². The Hall–Kier alpha value is -0.120. The Morgan fingerprint density at radius 1 is 1.06 bits per heavy atom. The van der Waals surface area contributed by atoms with Crippen LogP contribution in [0, 0.1) is 0 Å². The molecule has 0 bridgehead atoms. The molecule has 3 nitrogen and oxygen atoms in total. The van der Waals surface area contributed by atoms with Crippen molar-refractivity contribution in [2.45, 2.75) is 56.7 Å². The van der Waals surface area contributed by atoms with E-state index in [4.69, 9.17) is 4.74 Å². The van der Waals surface area contributed by atoms with Crippen LogP contribution in [0.25, 0.3) is 0 Å². The summed E-state index contributed by atoms with van der Waals surface area (Å²) in [6.07, 6.45) is 8.47. The lowest BCUT2D eigenvalue weighted by Gasteiger charge is -2.43. The van der Waals surface area contributed by atoms with Crippen LogP contribution in [0.4, 0.5) is 0 Å². The molecule has 0 radical (unpaired) electrons. The summed E-state index contributed by atoms with van der Waals surface area (Å²) in [6, 6.07) is 1.49. The van der Waals surface area contributed by atoms with Crippen LogP contribution in [0.3, 0.4) is 0 Å². The average Bonchev–Trinajstić information content (AvgIpc) is 2.39. The Morgan fingerprint density at radius 3 is 2.38 bits per heavy atom. The average molecular weight is 226 g/mol. The molecule has 2 fully saturated rings. The molecule has 2 rings (SSSR count). The summed E-state index contributed by atoms with van der Waals surface area (Å²) in [6.45, 7) is 2.45. The van der Waals surface area contributed by atoms with E-state index in [1.807, 2.05) is 7.11 Å². The summed E-state index contributed by atoms with van der Waals surface area (Å²) in [5.41, 5.74) is 0. The molecule has 1 saturated heterocycles. The zero-order valence-electron chi connectivity index (χ0n) is 10.7. The second-order valence-electron chi connectivity index (χ2n) is 5.22. The predicted octanol–water partition coefficient (Wildman–Crippen LogP) is 1.63. The van der Waals surface area contributed by atoms with Gasteiger partial charge in [-0.15, -0.1) is 0 Å². The molecule has 0 aromatic carbocycles. The molecule has 1 aliphatic heterocycles. The molecule has 0 aromatic rings. The van der Waals surface area contributed by atoms with Gasteiger partial charge < -0.3 is 10.1 Å². The molecule has 1 aliphatic carbocycles. The quantitative estimate of drug-likeness (QED) is 0.791. The van der Waals surface area contributed by atoms with Crippen LogP contribution in [0.1, 0.15) is 38.5 Å². The van der Waals surface area contributed by atoms with Crippen molar-refractivity contribution >= 4 is 0 Å². The maximum absolute atomic E-state index is 5.44. The predicted molar refractivity (Wildman–Crippen MR) is 66.7 cm³/mol. The third-order valence-electron chi connectivity index (χ3n) is 4.38. The van der Waals surface area contributed by atoms with E-state index in [0.717, 1.165) is 6.04 Å². The number of ether oxygens (including phenoxy) is 1. The Kier molecular flexibility index (Phi) is 4.62. The van der Waals surface area contributed by atoms with E-state index < -0.39 is 0 Å². The minimum atomic E-state index is 0.507. The second-order valence-corrected chi connectivity index (χ2v) is 5.22. The van der Waals surface area contributed by atoms with Crippen LogP contribution in [-0.4, -0.2) is 50.3 Å². The first-order chi connectivity index (χ1) is 7.85. The summed E-state index contributed by atoms with van der Waals surface area (Å²) >= 11 is 0. The van der Waals surface area contributed by atoms with Gasteiger partial charge in [-0.2, -0.15) is 0 Å². The molecule has 1 saturated carbocycles. The number of likely N-dealkylation sites (tertiary alicyclic amines) is 1. The second kappa shape index (κ2) is 5.99. The largest absolute Gasteiger partial charge is 0.381 e. The highest BCUT2D eigenvalue weighted by Gasteiger charge is 2.31. The minimum absolute atomic E-state index is 0.507. The normalized spacial score (nSPS) is 34.1. The lowest BCUT2D eigenvalue weighted by atomic mass is 9.88. The molecule has 2 unspecified atom stereocenters. The first kappa shape index (κ1) is 12.3. The fourth-order valence-electron chi connectivity index (χ4n) is 3.33. The third-order valence-corrected chi connectivity index (χ3v) is 4.38. The van der Waals surface area contributed by atoms with E-state index in [1.165, 1.54) is 51.6 Å². The van der Waals surface area contributed by atoms with Crippen LogP contribution < -0.4 is 5.32 Å². The van der Waals surface area contributed by atoms with Crippen molar-refractivity contribution in [1.29, 1.82) is 0 Å². The van der Waals surface area contributed by atoms with Crippen molar-refractivity contribution in [3.8, 4) is 0 Å². The van der Waals surface area contributed by atoms with Gasteiger partial charge in [0.15, 0.2) is 0 Å². The molecule has 2 atom stereocenters. The van der Waals surface area contributed by atoms with Gasteiger partial charge in [0.2, 0.25) is 0 Å². The number of likely N-dealkylation sites (N-methyl/N-ethyl adjacent to an activating group) is 1. The summed E-state index contributed by atoms with van der Waals surface area (Å²) < 4.78 is 5.44. The third kappa shape index (κ3) is 2.76. The van der Waals surface area contributed by atoms with Crippen LogP contribution in [0.15, 0.2) is 0 Å². The number of nitrogens with zero attached hydrogens (tertiary/aromatic N) is 1. The number of hydrogen-bond acceptors (Lipinski definition) is 3. The molecule has 16 heavy (non-hydrogen) atoms. The topological polar surface area (TPSA) is 24.5 Å². The van der Waals surface area contributed by atoms with Crippen molar-refractivity contribution in [3.63, 3.8) is 0 Å². The zero-order chi connectivity index (χ0) is 11.4. The molecule has 0 aromatic heterocycles. The smallest absolute Gasteiger partial charge is 0.0595 e. The van der Waals surface area contributed by atoms with E-state index in [9.17, 15) is 0 Å². The standard InChI is InChI=1S/C13H26N2O/c1-14-12-5-3-4-6-13(12)15-9-7-11(16-2)8-10-15/h11-14H,3-10H2,1-2H3. The van der Waals surface area contributed by atoms with Gasteiger partial charge in [0, 0.05) is 32.3 Å². The molecule has 94 valence electrons. The SMILES string of the molecule is CNC1CCCCC1N1CCC(OC)CC1. The molecular weight excluding hydrogens is 200 g/mol. The monoisotopic (exact) mass is 226 g/mol. The Bertz CT molecular complexity index is 202. The van der Waals surface area contributed by atoms with Crippen molar-refractivity contribution in [3.05, 3.63) is 0 Å². The van der Waals surface area contributed by atoms with Crippen LogP contribution >= 0.6 is 0 Å². The van der Waals surface area contributed by atoms with E-state index >= 15 is 0 Å². The Morgan fingerprint density at radius 2 is 1.75 bits per heavy atom. The van der Waals surface area contributed by atoms with Crippen molar-refractivity contribution in [2.75, 3.05) is 27.2 Å². The van der Waals surface area contributed by atoms with Gasteiger partial charge in [-0.05, 0) is 32.7 Å². The van der Waals surface area contributed by atoms with E-state index in [-0.39, 0.29) is 0 Å². The maximum atomic E-state index is 5.44. The van der Waals surface area contributed by atoms with Gasteiger partial charge in [0.05, 0.1) is 6.10 Å². The highest BCUT2D eigenvalue weighted by molar-refractivity contribution is 4.89. The highest BCUT2D eigenvalue weighted by Crippen LogP contribution is 2.26. The summed E-state index contributed by atoms with van der Waals surface area (Å²) in [4.78, 5) is 2.69. The molecule has 0 spiro atoms. The van der Waals surface area contributed by atoms with E-state index in [2.05, 4.69) is 17.3 Å². The number of piperidine rings is 1. The number of rotatable bonds is 3. The van der Waals surface area contributed by atoms with Gasteiger partial charge >= 0.3 is 0 Å². The first-order valence-corrected chi connectivity index (χ1v) is 6.79. The molecule has 1 heterocycles. The minimum Gasteiger partial charge on any atom is -0.381 e. The molecule has 3 heteroatoms. The summed E-state index contributed by atoms with van der Waals surface area (Å²) in [5, 5.41) is 3.50. The molecular formula is C13H26N2O. The Balaban J connectivity index is 1.86. The molecule has 2 aliphatic rings. The van der Waals surface area contributed by atoms with Crippen LogP contribution in [0.2, 0.25) is 0 Å². The number of nitrogens with one attached hydrogen (secondary N) is 1. The fourth-order valence-corrected chi connectivity index (χ4v) is 3.33. The van der Waals surface area contributed by atoms with Gasteiger partial charge in [0.25, 0.3) is 0 Å². The lowest BCUT2D eigenvalue weighted by molar-refractivity contribution is 0.0144. The van der Waals surface area contributed by atoms with Gasteiger partial charge in [-0.1, -0.05) is 12.8 Å².